The molecule has 114 valence electrons. The van der Waals surface area contributed by atoms with Crippen LogP contribution in [0.4, 0.5) is 4.39 Å². The van der Waals surface area contributed by atoms with Gasteiger partial charge >= 0.3 is 0 Å². The normalized spacial score (nSPS) is 28.3. The van der Waals surface area contributed by atoms with E-state index in [1.807, 2.05) is 12.1 Å². The summed E-state index contributed by atoms with van der Waals surface area (Å²) in [6.07, 6.45) is 4.54. The van der Waals surface area contributed by atoms with Gasteiger partial charge in [0.15, 0.2) is 12.2 Å². The maximum absolute atomic E-state index is 13.7. The number of alkyl halides is 1. The highest BCUT2D eigenvalue weighted by Crippen LogP contribution is 2.61. The summed E-state index contributed by atoms with van der Waals surface area (Å²) in [4.78, 5) is 0. The van der Waals surface area contributed by atoms with E-state index in [1.54, 1.807) is 0 Å². The van der Waals surface area contributed by atoms with E-state index in [4.69, 9.17) is 0 Å². The lowest BCUT2D eigenvalue weighted by molar-refractivity contribution is -0.789. The average Bonchev–Trinajstić information content (AvgIpc) is 2.56. The zero-order valence-corrected chi connectivity index (χ0v) is 13.4. The van der Waals surface area contributed by atoms with Crippen molar-refractivity contribution < 1.29 is 8.96 Å². The fourth-order valence-corrected chi connectivity index (χ4v) is 5.29. The average molecular weight is 296 g/mol. The second-order valence-electron chi connectivity index (χ2n) is 6.74. The van der Waals surface area contributed by atoms with Gasteiger partial charge in [0, 0.05) is 25.0 Å². The largest absolute Gasteiger partial charge is 0.239 e. The Hall–Kier alpha value is -1.70. The third-order valence-corrected chi connectivity index (χ3v) is 6.40. The van der Waals surface area contributed by atoms with E-state index < -0.39 is 6.67 Å². The minimum absolute atomic E-state index is 0.0497. The zero-order valence-electron chi connectivity index (χ0n) is 13.4. The molecular weight excluding hydrogens is 273 g/mol. The van der Waals surface area contributed by atoms with Gasteiger partial charge in [-0.2, -0.15) is 4.57 Å². The molecule has 2 aliphatic rings. The highest BCUT2D eigenvalue weighted by Gasteiger charge is 2.68. The van der Waals surface area contributed by atoms with Crippen molar-refractivity contribution in [3.8, 4) is 11.3 Å². The number of halogens is 1. The van der Waals surface area contributed by atoms with Crippen LogP contribution in [-0.4, -0.2) is 0 Å². The number of fused-ring (bicyclic) bond motifs is 6. The lowest BCUT2D eigenvalue weighted by Gasteiger charge is -2.58. The van der Waals surface area contributed by atoms with E-state index in [9.17, 15) is 4.39 Å². The van der Waals surface area contributed by atoms with Gasteiger partial charge in [-0.05, 0) is 30.5 Å². The Balaban J connectivity index is 2.13. The summed E-state index contributed by atoms with van der Waals surface area (Å²) in [5.41, 5.74) is 5.00. The number of pyridine rings is 1. The molecule has 4 rings (SSSR count). The second-order valence-corrected chi connectivity index (χ2v) is 6.74. The lowest BCUT2D eigenvalue weighted by atomic mass is 9.47. The first kappa shape index (κ1) is 13.9. The minimum atomic E-state index is -0.391. The molecular formula is C20H23FN+. The van der Waals surface area contributed by atoms with E-state index in [1.165, 1.54) is 23.2 Å². The monoisotopic (exact) mass is 296 g/mol. The molecule has 22 heavy (non-hydrogen) atoms. The maximum atomic E-state index is 13.7. The molecule has 1 aromatic carbocycles. The fourth-order valence-electron chi connectivity index (χ4n) is 5.29. The summed E-state index contributed by atoms with van der Waals surface area (Å²) < 4.78 is 16.1. The van der Waals surface area contributed by atoms with Gasteiger partial charge in [-0.25, -0.2) is 4.39 Å². The van der Waals surface area contributed by atoms with Gasteiger partial charge in [-0.3, -0.25) is 0 Å². The number of aromatic nitrogens is 1. The van der Waals surface area contributed by atoms with Crippen LogP contribution in [0.25, 0.3) is 11.3 Å². The fraction of sp³-hybridized carbons (Fsp3) is 0.450. The molecule has 2 unspecified atom stereocenters. The zero-order chi connectivity index (χ0) is 15.4. The smallest absolute Gasteiger partial charge is 0.213 e. The molecule has 0 amide bonds. The molecule has 1 saturated carbocycles. The van der Waals surface area contributed by atoms with Gasteiger partial charge in [0.1, 0.15) is 0 Å². The SMILES string of the molecule is CCC12CCC1(CC)[n+]1c(CF)cccc1-c1ccccc12. The first-order valence-corrected chi connectivity index (χ1v) is 8.44. The predicted molar refractivity (Wildman–Crippen MR) is 86.4 cm³/mol. The first-order chi connectivity index (χ1) is 10.7. The van der Waals surface area contributed by atoms with Crippen LogP contribution in [0.5, 0.6) is 0 Å². The van der Waals surface area contributed by atoms with Crippen LogP contribution >= 0.6 is 0 Å². The lowest BCUT2D eigenvalue weighted by Crippen LogP contribution is -2.76. The number of rotatable bonds is 3. The van der Waals surface area contributed by atoms with Crippen LogP contribution in [-0.2, 0) is 17.6 Å². The van der Waals surface area contributed by atoms with E-state index >= 15 is 0 Å². The van der Waals surface area contributed by atoms with Crippen molar-refractivity contribution in [3.05, 3.63) is 53.7 Å². The standard InChI is InChI=1S/C20H23FN/c1-3-19-12-13-20(19,4-2)22-15(14-21)8-7-11-18(22)16-9-5-6-10-17(16)19/h5-11H,3-4,12-14H2,1-2H3/q+1. The molecule has 1 aromatic heterocycles. The molecule has 1 nitrogen and oxygen atoms in total. The Kier molecular flexibility index (Phi) is 2.94. The molecule has 1 aliphatic carbocycles. The predicted octanol–water partition coefficient (Wildman–Crippen LogP) is 4.67. The Labute approximate surface area is 131 Å². The van der Waals surface area contributed by atoms with Crippen LogP contribution in [0.1, 0.15) is 50.8 Å². The second kappa shape index (κ2) is 4.65. The number of nitrogens with zero attached hydrogens (tertiary/aromatic N) is 1. The number of hydrogen-bond donors (Lipinski definition) is 0. The summed E-state index contributed by atoms with van der Waals surface area (Å²) in [5, 5.41) is 0. The van der Waals surface area contributed by atoms with Crippen LogP contribution in [0.2, 0.25) is 0 Å². The van der Waals surface area contributed by atoms with Crippen molar-refractivity contribution >= 4 is 0 Å². The van der Waals surface area contributed by atoms with Crippen LogP contribution in [0.3, 0.4) is 0 Å². The highest BCUT2D eigenvalue weighted by molar-refractivity contribution is 5.66. The van der Waals surface area contributed by atoms with Crippen molar-refractivity contribution in [2.45, 2.75) is 57.2 Å². The Bertz CT molecular complexity index is 730. The quantitative estimate of drug-likeness (QED) is 0.725. The summed E-state index contributed by atoms with van der Waals surface area (Å²) in [7, 11) is 0. The molecule has 1 aliphatic heterocycles. The maximum Gasteiger partial charge on any atom is 0.213 e. The van der Waals surface area contributed by atoms with Crippen molar-refractivity contribution in [2.24, 2.45) is 0 Å². The summed E-state index contributed by atoms with van der Waals surface area (Å²) >= 11 is 0. The Morgan fingerprint density at radius 1 is 1.00 bits per heavy atom. The summed E-state index contributed by atoms with van der Waals surface area (Å²) in [5.74, 6) is 0. The van der Waals surface area contributed by atoms with E-state index in [0.29, 0.717) is 0 Å². The summed E-state index contributed by atoms with van der Waals surface area (Å²) in [6, 6.07) is 14.9. The molecule has 0 spiro atoms. The molecule has 0 N–H and O–H groups in total. The molecule has 2 heterocycles. The molecule has 0 radical (unpaired) electrons. The van der Waals surface area contributed by atoms with Gasteiger partial charge < -0.3 is 0 Å². The van der Waals surface area contributed by atoms with E-state index in [-0.39, 0.29) is 11.0 Å². The minimum Gasteiger partial charge on any atom is -0.239 e. The van der Waals surface area contributed by atoms with Crippen LogP contribution in [0.15, 0.2) is 42.5 Å². The van der Waals surface area contributed by atoms with E-state index in [0.717, 1.165) is 25.0 Å². The number of hydrogen-bond acceptors (Lipinski definition) is 0. The molecule has 2 heteroatoms. The summed E-state index contributed by atoms with van der Waals surface area (Å²) in [6.45, 7) is 4.17. The van der Waals surface area contributed by atoms with Gasteiger partial charge in [0.25, 0.3) is 0 Å². The molecule has 2 atom stereocenters. The van der Waals surface area contributed by atoms with Crippen molar-refractivity contribution in [3.63, 3.8) is 0 Å². The van der Waals surface area contributed by atoms with Crippen LogP contribution < -0.4 is 4.57 Å². The Morgan fingerprint density at radius 3 is 2.45 bits per heavy atom. The Morgan fingerprint density at radius 2 is 1.82 bits per heavy atom. The van der Waals surface area contributed by atoms with Gasteiger partial charge in [0.2, 0.25) is 11.4 Å². The third kappa shape index (κ3) is 1.37. The highest BCUT2D eigenvalue weighted by atomic mass is 19.1. The molecule has 2 aromatic rings. The van der Waals surface area contributed by atoms with Crippen molar-refractivity contribution in [1.29, 1.82) is 0 Å². The number of benzene rings is 1. The van der Waals surface area contributed by atoms with Gasteiger partial charge in [-0.1, -0.05) is 32.0 Å². The van der Waals surface area contributed by atoms with Gasteiger partial charge in [-0.15, -0.1) is 0 Å². The van der Waals surface area contributed by atoms with Crippen molar-refractivity contribution in [1.82, 2.24) is 0 Å². The molecule has 0 saturated heterocycles. The van der Waals surface area contributed by atoms with Crippen LogP contribution in [0, 0.1) is 0 Å². The molecule has 0 bridgehead atoms. The third-order valence-electron chi connectivity index (χ3n) is 6.40. The van der Waals surface area contributed by atoms with Crippen molar-refractivity contribution in [2.75, 3.05) is 0 Å². The van der Waals surface area contributed by atoms with E-state index in [2.05, 4.69) is 48.7 Å². The topological polar surface area (TPSA) is 3.88 Å². The van der Waals surface area contributed by atoms with Gasteiger partial charge in [0.05, 0.1) is 11.0 Å². The molecule has 1 fully saturated rings. The first-order valence-electron chi connectivity index (χ1n) is 8.44.